The molecule has 6 nitrogen and oxygen atoms in total. The van der Waals surface area contributed by atoms with Crippen LogP contribution < -0.4 is 15.3 Å². The molecular formula is C25H26N2O4. The van der Waals surface area contributed by atoms with Crippen LogP contribution in [0.2, 0.25) is 0 Å². The first kappa shape index (κ1) is 20.7. The van der Waals surface area contributed by atoms with Crippen molar-refractivity contribution in [3.63, 3.8) is 0 Å². The summed E-state index contributed by atoms with van der Waals surface area (Å²) in [6.45, 7) is 6.24. The van der Waals surface area contributed by atoms with Gasteiger partial charge in [-0.15, -0.1) is 0 Å². The standard InChI is InChI=1S/C25H26N2O4/c1-16(2)12-17(3)27(20-6-8-22-19(13-20)10-11-26-22)24(28)15-30-21-7-4-18-5-9-25(29)31-23(18)14-21/h4-11,13-14,16-17,26H,12,15H2,1-3H3. The molecule has 160 valence electrons. The average Bonchev–Trinajstić information content (AvgIpc) is 3.19. The fraction of sp³-hybridized carbons (Fsp3) is 0.280. The number of carbonyl (C=O) groups excluding carboxylic acids is 1. The summed E-state index contributed by atoms with van der Waals surface area (Å²) in [4.78, 5) is 29.7. The van der Waals surface area contributed by atoms with E-state index in [1.165, 1.54) is 6.07 Å². The number of aromatic amines is 1. The number of H-pyrrole nitrogens is 1. The lowest BCUT2D eigenvalue weighted by Crippen LogP contribution is -2.42. The molecule has 0 aliphatic carbocycles. The highest BCUT2D eigenvalue weighted by molar-refractivity contribution is 5.97. The molecule has 0 spiro atoms. The second kappa shape index (κ2) is 8.68. The van der Waals surface area contributed by atoms with Crippen molar-refractivity contribution in [3.05, 3.63) is 71.2 Å². The summed E-state index contributed by atoms with van der Waals surface area (Å²) in [7, 11) is 0. The first-order chi connectivity index (χ1) is 14.9. The number of ether oxygens (including phenoxy) is 1. The maximum atomic E-state index is 13.3. The molecule has 2 aromatic heterocycles. The molecule has 4 rings (SSSR count). The van der Waals surface area contributed by atoms with E-state index >= 15 is 0 Å². The van der Waals surface area contributed by atoms with E-state index in [1.54, 1.807) is 24.3 Å². The molecule has 1 N–H and O–H groups in total. The van der Waals surface area contributed by atoms with Crippen LogP contribution in [0.15, 0.2) is 70.0 Å². The van der Waals surface area contributed by atoms with Crippen molar-refractivity contribution in [3.8, 4) is 5.75 Å². The van der Waals surface area contributed by atoms with E-state index < -0.39 is 5.63 Å². The number of nitrogens with one attached hydrogen (secondary N) is 1. The molecule has 1 unspecified atom stereocenters. The molecule has 2 aromatic carbocycles. The smallest absolute Gasteiger partial charge is 0.336 e. The number of carbonyl (C=O) groups is 1. The van der Waals surface area contributed by atoms with Gasteiger partial charge in [0.05, 0.1) is 0 Å². The Bertz CT molecular complexity index is 1270. The highest BCUT2D eigenvalue weighted by Gasteiger charge is 2.23. The summed E-state index contributed by atoms with van der Waals surface area (Å²) in [6.07, 6.45) is 2.76. The van der Waals surface area contributed by atoms with Gasteiger partial charge in [-0.1, -0.05) is 13.8 Å². The van der Waals surface area contributed by atoms with Crippen molar-refractivity contribution in [2.45, 2.75) is 33.2 Å². The minimum atomic E-state index is -0.422. The summed E-state index contributed by atoms with van der Waals surface area (Å²) >= 11 is 0. The van der Waals surface area contributed by atoms with Gasteiger partial charge in [0.15, 0.2) is 6.61 Å². The maximum Gasteiger partial charge on any atom is 0.336 e. The van der Waals surface area contributed by atoms with E-state index in [-0.39, 0.29) is 18.6 Å². The minimum absolute atomic E-state index is 0.0158. The molecule has 6 heteroatoms. The maximum absolute atomic E-state index is 13.3. The van der Waals surface area contributed by atoms with Crippen LogP contribution in [-0.2, 0) is 4.79 Å². The minimum Gasteiger partial charge on any atom is -0.484 e. The normalized spacial score (nSPS) is 12.4. The molecule has 1 amide bonds. The lowest BCUT2D eigenvalue weighted by Gasteiger charge is -2.30. The van der Waals surface area contributed by atoms with E-state index in [1.807, 2.05) is 35.4 Å². The number of benzene rings is 2. The Morgan fingerprint density at radius 2 is 1.84 bits per heavy atom. The van der Waals surface area contributed by atoms with Gasteiger partial charge in [0.1, 0.15) is 11.3 Å². The zero-order chi connectivity index (χ0) is 22.0. The molecule has 0 aliphatic heterocycles. The van der Waals surface area contributed by atoms with Gasteiger partial charge in [-0.2, -0.15) is 0 Å². The van der Waals surface area contributed by atoms with Crippen LogP contribution in [0.3, 0.4) is 0 Å². The quantitative estimate of drug-likeness (QED) is 0.423. The van der Waals surface area contributed by atoms with Crippen molar-refractivity contribution < 1.29 is 13.9 Å². The van der Waals surface area contributed by atoms with Crippen LogP contribution in [0.25, 0.3) is 21.9 Å². The average molecular weight is 418 g/mol. The number of nitrogens with zero attached hydrogens (tertiary/aromatic N) is 1. The second-order valence-corrected chi connectivity index (χ2v) is 8.23. The second-order valence-electron chi connectivity index (χ2n) is 8.23. The van der Waals surface area contributed by atoms with E-state index in [2.05, 4.69) is 25.8 Å². The Kier molecular flexibility index (Phi) is 5.80. The van der Waals surface area contributed by atoms with E-state index in [0.29, 0.717) is 17.3 Å². The highest BCUT2D eigenvalue weighted by atomic mass is 16.5. The molecule has 0 aliphatic rings. The van der Waals surface area contributed by atoms with Crippen molar-refractivity contribution in [2.75, 3.05) is 11.5 Å². The van der Waals surface area contributed by atoms with Gasteiger partial charge in [0.2, 0.25) is 0 Å². The molecule has 4 aromatic rings. The number of rotatable bonds is 7. The molecule has 0 saturated heterocycles. The third-order valence-electron chi connectivity index (χ3n) is 5.29. The number of fused-ring (bicyclic) bond motifs is 2. The predicted molar refractivity (Wildman–Crippen MR) is 123 cm³/mol. The summed E-state index contributed by atoms with van der Waals surface area (Å²) in [6, 6.07) is 16.3. The van der Waals surface area contributed by atoms with E-state index in [0.717, 1.165) is 28.4 Å². The summed E-state index contributed by atoms with van der Waals surface area (Å²) in [5, 5.41) is 1.85. The summed E-state index contributed by atoms with van der Waals surface area (Å²) in [5.74, 6) is 0.802. The number of amides is 1. The third-order valence-corrected chi connectivity index (χ3v) is 5.29. The number of hydrogen-bond acceptors (Lipinski definition) is 4. The van der Waals surface area contributed by atoms with Gasteiger partial charge >= 0.3 is 5.63 Å². The zero-order valence-corrected chi connectivity index (χ0v) is 17.9. The summed E-state index contributed by atoms with van der Waals surface area (Å²) < 4.78 is 11.0. The monoisotopic (exact) mass is 418 g/mol. The van der Waals surface area contributed by atoms with Gasteiger partial charge in [0.25, 0.3) is 5.91 Å². The van der Waals surface area contributed by atoms with E-state index in [9.17, 15) is 9.59 Å². The van der Waals surface area contributed by atoms with Gasteiger partial charge in [0, 0.05) is 46.3 Å². The van der Waals surface area contributed by atoms with Crippen molar-refractivity contribution in [2.24, 2.45) is 5.92 Å². The van der Waals surface area contributed by atoms with Gasteiger partial charge < -0.3 is 19.0 Å². The van der Waals surface area contributed by atoms with Crippen LogP contribution in [0.4, 0.5) is 5.69 Å². The van der Waals surface area contributed by atoms with Crippen LogP contribution >= 0.6 is 0 Å². The molecule has 1 atom stereocenters. The molecule has 2 heterocycles. The number of aromatic nitrogens is 1. The molecule has 0 bridgehead atoms. The molecule has 0 fully saturated rings. The van der Waals surface area contributed by atoms with Crippen molar-refractivity contribution >= 4 is 33.5 Å². The third kappa shape index (κ3) is 4.63. The zero-order valence-electron chi connectivity index (χ0n) is 17.9. The van der Waals surface area contributed by atoms with Gasteiger partial charge in [-0.3, -0.25) is 4.79 Å². The van der Waals surface area contributed by atoms with Crippen molar-refractivity contribution in [1.82, 2.24) is 4.98 Å². The Hall–Kier alpha value is -3.54. The molecular weight excluding hydrogens is 392 g/mol. The first-order valence-corrected chi connectivity index (χ1v) is 10.5. The SMILES string of the molecule is CC(C)CC(C)N(C(=O)COc1ccc2ccc(=O)oc2c1)c1ccc2[nH]ccc2c1. The molecule has 31 heavy (non-hydrogen) atoms. The van der Waals surface area contributed by atoms with Crippen LogP contribution in [0.5, 0.6) is 5.75 Å². The fourth-order valence-corrected chi connectivity index (χ4v) is 3.97. The largest absolute Gasteiger partial charge is 0.484 e. The Labute approximate surface area is 180 Å². The van der Waals surface area contributed by atoms with Crippen molar-refractivity contribution in [1.29, 1.82) is 0 Å². The van der Waals surface area contributed by atoms with Gasteiger partial charge in [-0.25, -0.2) is 4.79 Å². The highest BCUT2D eigenvalue weighted by Crippen LogP contribution is 2.26. The number of hydrogen-bond donors (Lipinski definition) is 1. The topological polar surface area (TPSA) is 75.5 Å². The van der Waals surface area contributed by atoms with Crippen LogP contribution in [0.1, 0.15) is 27.2 Å². The van der Waals surface area contributed by atoms with Crippen LogP contribution in [0, 0.1) is 5.92 Å². The van der Waals surface area contributed by atoms with Crippen LogP contribution in [-0.4, -0.2) is 23.5 Å². The van der Waals surface area contributed by atoms with Gasteiger partial charge in [-0.05, 0) is 61.7 Å². The lowest BCUT2D eigenvalue weighted by atomic mass is 10.0. The Balaban J connectivity index is 1.57. The Morgan fingerprint density at radius 1 is 1.03 bits per heavy atom. The molecule has 0 radical (unpaired) electrons. The lowest BCUT2D eigenvalue weighted by molar-refractivity contribution is -0.121. The first-order valence-electron chi connectivity index (χ1n) is 10.5. The summed E-state index contributed by atoms with van der Waals surface area (Å²) in [5.41, 5.74) is 1.88. The molecule has 0 saturated carbocycles. The fourth-order valence-electron chi connectivity index (χ4n) is 3.97. The Morgan fingerprint density at radius 3 is 2.65 bits per heavy atom. The van der Waals surface area contributed by atoms with E-state index in [4.69, 9.17) is 9.15 Å². The predicted octanol–water partition coefficient (Wildman–Crippen LogP) is 5.12. The number of anilines is 1.